The van der Waals surface area contributed by atoms with E-state index in [0.717, 1.165) is 24.5 Å². The van der Waals surface area contributed by atoms with E-state index in [0.29, 0.717) is 34.0 Å². The zero-order valence-electron chi connectivity index (χ0n) is 13.6. The van der Waals surface area contributed by atoms with Gasteiger partial charge in [0.05, 0.1) is 12.4 Å². The molecular weight excluding hydrogens is 373 g/mol. The second-order valence-electron chi connectivity index (χ2n) is 6.48. The average molecular weight is 388 g/mol. The molecule has 9 heteroatoms. The molecule has 3 aromatic heterocycles. The molecule has 0 radical (unpaired) electrons. The number of aromatic nitrogens is 4. The molecule has 6 rings (SSSR count). The molecule has 2 unspecified atom stereocenters. The molecule has 0 spiro atoms. The molecule has 2 bridgehead atoms. The number of piperidine rings is 1. The topological polar surface area (TPSA) is 82.1 Å². The Bertz CT molecular complexity index is 992. The molecule has 132 valence electrons. The van der Waals surface area contributed by atoms with E-state index in [1.807, 2.05) is 12.1 Å². The van der Waals surface area contributed by atoms with Crippen molar-refractivity contribution >= 4 is 35.3 Å². The Kier molecular flexibility index (Phi) is 4.19. The molecule has 26 heavy (non-hydrogen) atoms. The van der Waals surface area contributed by atoms with E-state index < -0.39 is 0 Å². The summed E-state index contributed by atoms with van der Waals surface area (Å²) in [6.45, 7) is 1.98. The van der Waals surface area contributed by atoms with Crippen LogP contribution in [0.3, 0.4) is 0 Å². The number of piperazine rings is 1. The standard InChI is InChI=1S/C17H14ClN7.ClH/c18-14-9-25-17(11(4-19)6-21-25)16(23-14)10-1-2-15(20-5-10)24-7-12-3-13(8-24)22-12;/h1-2,5-6,9,12-13,22H,3,7-8H2;1H. The summed E-state index contributed by atoms with van der Waals surface area (Å²) in [4.78, 5) is 11.3. The summed E-state index contributed by atoms with van der Waals surface area (Å²) in [6, 6.07) is 7.29. The van der Waals surface area contributed by atoms with Crippen molar-refractivity contribution in [2.75, 3.05) is 18.0 Å². The third-order valence-corrected chi connectivity index (χ3v) is 5.04. The van der Waals surface area contributed by atoms with Gasteiger partial charge in [-0.05, 0) is 18.6 Å². The van der Waals surface area contributed by atoms with Crippen molar-refractivity contribution in [3.05, 3.63) is 41.4 Å². The summed E-state index contributed by atoms with van der Waals surface area (Å²) in [5, 5.41) is 17.3. The fourth-order valence-corrected chi connectivity index (χ4v) is 3.86. The molecule has 3 saturated heterocycles. The van der Waals surface area contributed by atoms with Gasteiger partial charge in [-0.15, -0.1) is 12.4 Å². The van der Waals surface area contributed by atoms with Gasteiger partial charge in [-0.2, -0.15) is 10.4 Å². The smallest absolute Gasteiger partial charge is 0.148 e. The Hall–Kier alpha value is -2.40. The van der Waals surface area contributed by atoms with Crippen molar-refractivity contribution < 1.29 is 0 Å². The van der Waals surface area contributed by atoms with Crippen molar-refractivity contribution in [1.29, 1.82) is 5.26 Å². The number of fused-ring (bicyclic) bond motifs is 3. The summed E-state index contributed by atoms with van der Waals surface area (Å²) in [7, 11) is 0. The fraction of sp³-hybridized carbons (Fsp3) is 0.294. The first-order chi connectivity index (χ1) is 12.2. The number of pyridine rings is 1. The normalized spacial score (nSPS) is 21.0. The molecule has 6 heterocycles. The first kappa shape index (κ1) is 17.0. The maximum absolute atomic E-state index is 9.32. The molecule has 7 nitrogen and oxygen atoms in total. The quantitative estimate of drug-likeness (QED) is 0.726. The van der Waals surface area contributed by atoms with Crippen molar-refractivity contribution in [3.63, 3.8) is 0 Å². The van der Waals surface area contributed by atoms with Crippen LogP contribution in [0.1, 0.15) is 12.0 Å². The molecule has 0 aromatic carbocycles. The number of nitrogens with one attached hydrogen (secondary N) is 1. The van der Waals surface area contributed by atoms with Gasteiger partial charge in [0.1, 0.15) is 33.8 Å². The van der Waals surface area contributed by atoms with Crippen LogP contribution in [0, 0.1) is 11.3 Å². The predicted molar refractivity (Wildman–Crippen MR) is 101 cm³/mol. The predicted octanol–water partition coefficient (Wildman–Crippen LogP) is 2.29. The summed E-state index contributed by atoms with van der Waals surface area (Å²) < 4.78 is 1.58. The Labute approximate surface area is 161 Å². The van der Waals surface area contributed by atoms with Crippen molar-refractivity contribution in [3.8, 4) is 17.3 Å². The van der Waals surface area contributed by atoms with E-state index >= 15 is 0 Å². The SMILES string of the molecule is Cl.N#Cc1cnn2cc(Cl)nc(-c3ccc(N4CC5CC(C4)N5)nc3)c12. The number of nitriles is 1. The lowest BCUT2D eigenvalue weighted by Crippen LogP contribution is -2.67. The lowest BCUT2D eigenvalue weighted by molar-refractivity contribution is 0.225. The summed E-state index contributed by atoms with van der Waals surface area (Å²) in [5.41, 5.74) is 2.53. The minimum atomic E-state index is 0. The molecule has 0 aliphatic carbocycles. The number of hydrogen-bond acceptors (Lipinski definition) is 6. The monoisotopic (exact) mass is 387 g/mol. The zero-order valence-corrected chi connectivity index (χ0v) is 15.2. The first-order valence-corrected chi connectivity index (χ1v) is 8.50. The highest BCUT2D eigenvalue weighted by Crippen LogP contribution is 2.29. The van der Waals surface area contributed by atoms with E-state index in [4.69, 9.17) is 11.6 Å². The number of hydrogen-bond donors (Lipinski definition) is 1. The van der Waals surface area contributed by atoms with E-state index in [9.17, 15) is 5.26 Å². The minimum Gasteiger partial charge on any atom is -0.353 e. The highest BCUT2D eigenvalue weighted by molar-refractivity contribution is 6.29. The van der Waals surface area contributed by atoms with Crippen LogP contribution in [0.4, 0.5) is 5.82 Å². The molecule has 2 atom stereocenters. The summed E-state index contributed by atoms with van der Waals surface area (Å²) in [5.74, 6) is 0.965. The zero-order chi connectivity index (χ0) is 17.0. The Morgan fingerprint density at radius 3 is 2.65 bits per heavy atom. The number of halogens is 2. The Morgan fingerprint density at radius 1 is 1.23 bits per heavy atom. The van der Waals surface area contributed by atoms with E-state index in [-0.39, 0.29) is 12.4 Å². The maximum Gasteiger partial charge on any atom is 0.148 e. The number of rotatable bonds is 2. The van der Waals surface area contributed by atoms with Crippen LogP contribution in [-0.2, 0) is 0 Å². The molecule has 3 aromatic rings. The van der Waals surface area contributed by atoms with Crippen molar-refractivity contribution in [2.24, 2.45) is 0 Å². The van der Waals surface area contributed by atoms with Gasteiger partial charge in [0.25, 0.3) is 0 Å². The third-order valence-electron chi connectivity index (χ3n) is 4.85. The lowest BCUT2D eigenvalue weighted by atomic mass is 9.91. The van der Waals surface area contributed by atoms with Crippen LogP contribution >= 0.6 is 24.0 Å². The summed E-state index contributed by atoms with van der Waals surface area (Å²) in [6.07, 6.45) is 6.16. The Morgan fingerprint density at radius 2 is 2.00 bits per heavy atom. The van der Waals surface area contributed by atoms with Crippen molar-refractivity contribution in [2.45, 2.75) is 18.5 Å². The third kappa shape index (κ3) is 2.67. The van der Waals surface area contributed by atoms with Gasteiger partial charge < -0.3 is 10.2 Å². The second kappa shape index (κ2) is 6.40. The molecule has 0 amide bonds. The molecule has 3 aliphatic heterocycles. The van der Waals surface area contributed by atoms with E-state index in [2.05, 4.69) is 31.4 Å². The van der Waals surface area contributed by atoms with Crippen LogP contribution in [-0.4, -0.2) is 44.8 Å². The molecule has 0 saturated carbocycles. The molecule has 3 aliphatic rings. The van der Waals surface area contributed by atoms with Crippen LogP contribution < -0.4 is 10.2 Å². The average Bonchev–Trinajstić information content (AvgIpc) is 3.03. The van der Waals surface area contributed by atoms with Crippen LogP contribution in [0.2, 0.25) is 5.15 Å². The largest absolute Gasteiger partial charge is 0.353 e. The molecule has 1 N–H and O–H groups in total. The van der Waals surface area contributed by atoms with Gasteiger partial charge in [-0.3, -0.25) is 0 Å². The van der Waals surface area contributed by atoms with E-state index in [1.54, 1.807) is 16.9 Å². The second-order valence-corrected chi connectivity index (χ2v) is 6.87. The van der Waals surface area contributed by atoms with Gasteiger partial charge in [0, 0.05) is 36.9 Å². The fourth-order valence-electron chi connectivity index (χ4n) is 3.68. The van der Waals surface area contributed by atoms with Crippen LogP contribution in [0.15, 0.2) is 30.7 Å². The van der Waals surface area contributed by atoms with Crippen molar-refractivity contribution in [1.82, 2.24) is 24.9 Å². The van der Waals surface area contributed by atoms with Gasteiger partial charge >= 0.3 is 0 Å². The molecular formula is C17H15Cl2N7. The Balaban J connectivity index is 0.00000168. The first-order valence-electron chi connectivity index (χ1n) is 8.12. The summed E-state index contributed by atoms with van der Waals surface area (Å²) >= 11 is 6.11. The highest BCUT2D eigenvalue weighted by Gasteiger charge is 2.36. The number of anilines is 1. The van der Waals surface area contributed by atoms with Crippen LogP contribution in [0.25, 0.3) is 16.8 Å². The van der Waals surface area contributed by atoms with Gasteiger partial charge in [-0.1, -0.05) is 11.6 Å². The number of nitrogens with zero attached hydrogens (tertiary/aromatic N) is 6. The van der Waals surface area contributed by atoms with Gasteiger partial charge in [-0.25, -0.2) is 14.5 Å². The lowest BCUT2D eigenvalue weighted by Gasteiger charge is -2.48. The van der Waals surface area contributed by atoms with Gasteiger partial charge in [0.15, 0.2) is 0 Å². The highest BCUT2D eigenvalue weighted by atomic mass is 35.5. The molecule has 3 fully saturated rings. The van der Waals surface area contributed by atoms with Gasteiger partial charge in [0.2, 0.25) is 0 Å². The van der Waals surface area contributed by atoms with Crippen LogP contribution in [0.5, 0.6) is 0 Å². The maximum atomic E-state index is 9.32. The van der Waals surface area contributed by atoms with E-state index in [1.165, 1.54) is 12.6 Å². The minimum absolute atomic E-state index is 0.